The van der Waals surface area contributed by atoms with Crippen LogP contribution in [0, 0.1) is 0 Å². The molecule has 0 N–H and O–H groups in total. The fourth-order valence-corrected chi connectivity index (χ4v) is 8.29. The highest BCUT2D eigenvalue weighted by Gasteiger charge is 2.47. The van der Waals surface area contributed by atoms with Gasteiger partial charge >= 0.3 is 0 Å². The third-order valence-electron chi connectivity index (χ3n) is 4.07. The van der Waals surface area contributed by atoms with Crippen LogP contribution in [-0.4, -0.2) is 57.1 Å². The van der Waals surface area contributed by atoms with Crippen molar-refractivity contribution in [2.75, 3.05) is 45.1 Å². The van der Waals surface area contributed by atoms with E-state index in [1.54, 1.807) is 0 Å². The van der Waals surface area contributed by atoms with E-state index in [1.165, 1.54) is 37.7 Å². The van der Waals surface area contributed by atoms with Crippen molar-refractivity contribution in [1.29, 1.82) is 0 Å². The lowest BCUT2D eigenvalue weighted by atomic mass is 10.2. The Balaban J connectivity index is 2.16. The van der Waals surface area contributed by atoms with E-state index >= 15 is 0 Å². The number of rotatable bonds is 0. The first kappa shape index (κ1) is 12.3. The maximum atomic E-state index is 6.40. The molecule has 0 aromatic heterocycles. The van der Waals surface area contributed by atoms with Crippen LogP contribution >= 0.6 is 14.5 Å². The summed E-state index contributed by atoms with van der Waals surface area (Å²) >= 11 is 0. The zero-order valence-electron chi connectivity index (χ0n) is 10.7. The zero-order valence-corrected chi connectivity index (χ0v) is 12.5. The van der Waals surface area contributed by atoms with Crippen LogP contribution in [0.4, 0.5) is 0 Å². The standard InChI is InChI=1S/C12H26OP2/c1-14(2)9-7-12-13-11(10-14)6-5-8-15(12,3)4/h11-12H,5-10H2,1-4H3/q+2. The van der Waals surface area contributed by atoms with E-state index in [2.05, 4.69) is 26.7 Å². The van der Waals surface area contributed by atoms with Crippen LogP contribution in [0.5, 0.6) is 0 Å². The SMILES string of the molecule is C[P+]1(C)CCC2OC(CCC[P+]2(C)C)C1. The molecule has 0 amide bonds. The van der Waals surface area contributed by atoms with Gasteiger partial charge in [-0.15, -0.1) is 0 Å². The summed E-state index contributed by atoms with van der Waals surface area (Å²) in [6, 6.07) is 0. The number of hydrogen-bond acceptors (Lipinski definition) is 1. The summed E-state index contributed by atoms with van der Waals surface area (Å²) < 4.78 is 6.40. The Bertz CT molecular complexity index is 238. The maximum Gasteiger partial charge on any atom is 0.170 e. The minimum Gasteiger partial charge on any atom is -0.337 e. The molecule has 0 aliphatic carbocycles. The molecule has 2 rings (SSSR count). The molecule has 0 radical (unpaired) electrons. The van der Waals surface area contributed by atoms with Gasteiger partial charge in [-0.2, -0.15) is 0 Å². The molecule has 2 heterocycles. The molecule has 2 atom stereocenters. The molecular weight excluding hydrogens is 222 g/mol. The van der Waals surface area contributed by atoms with E-state index in [0.29, 0.717) is 11.9 Å². The van der Waals surface area contributed by atoms with Crippen molar-refractivity contribution in [2.24, 2.45) is 0 Å². The minimum absolute atomic E-state index is 0.614. The molecule has 88 valence electrons. The van der Waals surface area contributed by atoms with E-state index in [-0.39, 0.29) is 0 Å². The molecule has 2 fully saturated rings. The second-order valence-electron chi connectivity index (χ2n) is 6.49. The fourth-order valence-electron chi connectivity index (χ4n) is 2.98. The molecule has 0 aromatic carbocycles. The van der Waals surface area contributed by atoms with Gasteiger partial charge in [0.05, 0.1) is 37.9 Å². The first-order valence-electron chi connectivity index (χ1n) is 6.19. The van der Waals surface area contributed by atoms with E-state index in [0.717, 1.165) is 0 Å². The van der Waals surface area contributed by atoms with Gasteiger partial charge in [-0.3, -0.25) is 0 Å². The molecule has 0 aromatic rings. The first-order valence-corrected chi connectivity index (χ1v) is 12.2. The van der Waals surface area contributed by atoms with Crippen molar-refractivity contribution in [3.8, 4) is 0 Å². The third-order valence-corrected chi connectivity index (χ3v) is 10.3. The van der Waals surface area contributed by atoms with Crippen LogP contribution in [0.1, 0.15) is 19.3 Å². The Kier molecular flexibility index (Phi) is 3.48. The first-order chi connectivity index (χ1) is 6.89. The van der Waals surface area contributed by atoms with Gasteiger partial charge in [-0.1, -0.05) is 0 Å². The average molecular weight is 248 g/mol. The molecule has 2 aliphatic rings. The van der Waals surface area contributed by atoms with E-state index < -0.39 is 14.5 Å². The Morgan fingerprint density at radius 3 is 2.47 bits per heavy atom. The van der Waals surface area contributed by atoms with Crippen molar-refractivity contribution < 1.29 is 4.74 Å². The van der Waals surface area contributed by atoms with Gasteiger partial charge in [0.1, 0.15) is 0 Å². The molecule has 0 saturated carbocycles. The molecule has 15 heavy (non-hydrogen) atoms. The lowest BCUT2D eigenvalue weighted by Gasteiger charge is -2.25. The summed E-state index contributed by atoms with van der Waals surface area (Å²) in [5, 5.41) is 0. The van der Waals surface area contributed by atoms with Crippen LogP contribution < -0.4 is 0 Å². The topological polar surface area (TPSA) is 9.23 Å². The monoisotopic (exact) mass is 248 g/mol. The van der Waals surface area contributed by atoms with E-state index in [9.17, 15) is 0 Å². The lowest BCUT2D eigenvalue weighted by molar-refractivity contribution is 0.0466. The molecule has 3 heteroatoms. The average Bonchev–Trinajstić information content (AvgIpc) is 2.30. The van der Waals surface area contributed by atoms with Crippen molar-refractivity contribution in [2.45, 2.75) is 31.2 Å². The van der Waals surface area contributed by atoms with Crippen LogP contribution in [0.2, 0.25) is 0 Å². The van der Waals surface area contributed by atoms with E-state index in [1.807, 2.05) is 0 Å². The summed E-state index contributed by atoms with van der Waals surface area (Å²) in [5.41, 5.74) is 0. The van der Waals surface area contributed by atoms with Gasteiger partial charge in [0, 0.05) is 34.3 Å². The number of hydrogen-bond donors (Lipinski definition) is 0. The molecular formula is C12H26OP2+2. The number of ether oxygens (including phenoxy) is 1. The van der Waals surface area contributed by atoms with Crippen LogP contribution in [0.25, 0.3) is 0 Å². The molecule has 2 saturated heterocycles. The van der Waals surface area contributed by atoms with E-state index in [4.69, 9.17) is 4.74 Å². The number of fused-ring (bicyclic) bond motifs is 2. The molecule has 0 spiro atoms. The van der Waals surface area contributed by atoms with Gasteiger partial charge < -0.3 is 4.74 Å². The summed E-state index contributed by atoms with van der Waals surface area (Å²) in [6.07, 6.45) is 9.06. The highest BCUT2D eigenvalue weighted by Crippen LogP contribution is 2.65. The molecule has 2 bridgehead atoms. The molecule has 2 aliphatic heterocycles. The second-order valence-corrected chi connectivity index (χ2v) is 15.8. The fraction of sp³-hybridized carbons (Fsp3) is 1.00. The normalized spacial score (nSPS) is 39.2. The summed E-state index contributed by atoms with van der Waals surface area (Å²) in [7, 11) is -1.40. The Hall–Kier alpha value is 0.820. The van der Waals surface area contributed by atoms with Gasteiger partial charge in [-0.25, -0.2) is 0 Å². The third kappa shape index (κ3) is 2.93. The predicted molar refractivity (Wildman–Crippen MR) is 74.6 cm³/mol. The van der Waals surface area contributed by atoms with Crippen LogP contribution in [0.15, 0.2) is 0 Å². The quantitative estimate of drug-likeness (QED) is 0.597. The minimum atomic E-state index is -0.765. The van der Waals surface area contributed by atoms with Crippen LogP contribution in [-0.2, 0) is 4.74 Å². The summed E-state index contributed by atoms with van der Waals surface area (Å²) in [5.74, 6) is 0.645. The summed E-state index contributed by atoms with van der Waals surface area (Å²) in [4.78, 5) is 0. The predicted octanol–water partition coefficient (Wildman–Crippen LogP) is 3.45. The smallest absolute Gasteiger partial charge is 0.170 e. The molecule has 2 unspecified atom stereocenters. The van der Waals surface area contributed by atoms with Gasteiger partial charge in [-0.05, 0) is 12.8 Å². The molecule has 1 nitrogen and oxygen atoms in total. The zero-order chi connectivity index (χ0) is 11.1. The summed E-state index contributed by atoms with van der Waals surface area (Å²) in [6.45, 7) is 10.1. The van der Waals surface area contributed by atoms with Crippen LogP contribution in [0.3, 0.4) is 0 Å². The maximum absolute atomic E-state index is 6.40. The van der Waals surface area contributed by atoms with Gasteiger partial charge in [0.25, 0.3) is 0 Å². The van der Waals surface area contributed by atoms with Crippen molar-refractivity contribution in [3.05, 3.63) is 0 Å². The van der Waals surface area contributed by atoms with Gasteiger partial charge in [0.15, 0.2) is 5.85 Å². The largest absolute Gasteiger partial charge is 0.337 e. The van der Waals surface area contributed by atoms with Crippen molar-refractivity contribution in [1.82, 2.24) is 0 Å². The van der Waals surface area contributed by atoms with Crippen molar-refractivity contribution in [3.63, 3.8) is 0 Å². The second kappa shape index (κ2) is 4.25. The lowest BCUT2D eigenvalue weighted by Crippen LogP contribution is -2.21. The Labute approximate surface area is 96.0 Å². The Morgan fingerprint density at radius 2 is 1.73 bits per heavy atom. The Morgan fingerprint density at radius 1 is 1.00 bits per heavy atom. The van der Waals surface area contributed by atoms with Crippen molar-refractivity contribution >= 4 is 14.5 Å². The highest BCUT2D eigenvalue weighted by atomic mass is 31.2. The van der Waals surface area contributed by atoms with Gasteiger partial charge in [0.2, 0.25) is 0 Å². The highest BCUT2D eigenvalue weighted by molar-refractivity contribution is 7.75.